The molecule has 2 heterocycles. The van der Waals surface area contributed by atoms with Crippen molar-refractivity contribution >= 4 is 42.4 Å². The maximum Gasteiger partial charge on any atom is 0.260 e. The first-order valence-corrected chi connectivity index (χ1v) is 13.2. The average molecular weight is 474 g/mol. The SMILES string of the molecule is Cc1cc2nc(N(CCN3CCOCC3)C(=O)c3ccc(S(C)(=O)=O)cc3)sc2cc1C. The Labute approximate surface area is 192 Å². The predicted molar refractivity (Wildman–Crippen MR) is 128 cm³/mol. The molecular formula is C23H27N3O4S2. The second-order valence-corrected chi connectivity index (χ2v) is 11.1. The van der Waals surface area contributed by atoms with Crippen molar-refractivity contribution in [3.63, 3.8) is 0 Å². The van der Waals surface area contributed by atoms with Crippen molar-refractivity contribution in [3.8, 4) is 0 Å². The van der Waals surface area contributed by atoms with Crippen LogP contribution in [0.5, 0.6) is 0 Å². The summed E-state index contributed by atoms with van der Waals surface area (Å²) in [5, 5.41) is 0.649. The lowest BCUT2D eigenvalue weighted by Crippen LogP contribution is -2.43. The summed E-state index contributed by atoms with van der Waals surface area (Å²) < 4.78 is 30.0. The third-order valence-electron chi connectivity index (χ3n) is 5.74. The number of thiazole rings is 1. The molecule has 0 saturated carbocycles. The second-order valence-electron chi connectivity index (χ2n) is 8.11. The number of fused-ring (bicyclic) bond motifs is 1. The summed E-state index contributed by atoms with van der Waals surface area (Å²) in [7, 11) is -3.32. The second kappa shape index (κ2) is 9.27. The van der Waals surface area contributed by atoms with Gasteiger partial charge in [-0.15, -0.1) is 0 Å². The standard InChI is InChI=1S/C23H27N3O4S2/c1-16-14-20-21(15-17(16)2)31-23(24-20)26(9-8-25-10-12-30-13-11-25)22(27)18-4-6-19(7-5-18)32(3,28)29/h4-7,14-15H,8-13H2,1-3H3. The summed E-state index contributed by atoms with van der Waals surface area (Å²) in [6.45, 7) is 8.39. The minimum absolute atomic E-state index is 0.189. The molecular weight excluding hydrogens is 446 g/mol. The minimum atomic E-state index is -3.32. The van der Waals surface area contributed by atoms with Gasteiger partial charge in [0.25, 0.3) is 5.91 Å². The number of nitrogens with zero attached hydrogens (tertiary/aromatic N) is 3. The lowest BCUT2D eigenvalue weighted by atomic mass is 10.1. The van der Waals surface area contributed by atoms with E-state index in [0.29, 0.717) is 37.0 Å². The molecule has 0 atom stereocenters. The molecule has 7 nitrogen and oxygen atoms in total. The molecule has 0 radical (unpaired) electrons. The van der Waals surface area contributed by atoms with E-state index in [-0.39, 0.29) is 10.8 Å². The Morgan fingerprint density at radius 1 is 1.12 bits per heavy atom. The number of carbonyl (C=O) groups excluding carboxylic acids is 1. The molecule has 0 spiro atoms. The average Bonchev–Trinajstić information content (AvgIpc) is 3.16. The monoisotopic (exact) mass is 473 g/mol. The summed E-state index contributed by atoms with van der Waals surface area (Å²) in [6, 6.07) is 10.3. The normalized spacial score (nSPS) is 15.2. The molecule has 170 valence electrons. The number of aryl methyl sites for hydroxylation is 2. The number of morpholine rings is 1. The first-order chi connectivity index (χ1) is 15.2. The van der Waals surface area contributed by atoms with Crippen LogP contribution in [0.4, 0.5) is 5.13 Å². The molecule has 0 unspecified atom stereocenters. The molecule has 1 aliphatic heterocycles. The van der Waals surface area contributed by atoms with Crippen molar-refractivity contribution < 1.29 is 17.9 Å². The third kappa shape index (κ3) is 5.01. The van der Waals surface area contributed by atoms with Crippen molar-refractivity contribution in [2.75, 3.05) is 50.5 Å². The van der Waals surface area contributed by atoms with E-state index in [1.807, 2.05) is 0 Å². The molecule has 0 aliphatic carbocycles. The number of hydrogen-bond acceptors (Lipinski definition) is 7. The van der Waals surface area contributed by atoms with Gasteiger partial charge in [-0.1, -0.05) is 11.3 Å². The number of aromatic nitrogens is 1. The highest BCUT2D eigenvalue weighted by molar-refractivity contribution is 7.90. The maximum atomic E-state index is 13.5. The summed E-state index contributed by atoms with van der Waals surface area (Å²) >= 11 is 1.50. The van der Waals surface area contributed by atoms with Crippen molar-refractivity contribution in [3.05, 3.63) is 53.1 Å². The quantitative estimate of drug-likeness (QED) is 0.547. The Bertz CT molecular complexity index is 1190. The van der Waals surface area contributed by atoms with Gasteiger partial charge in [-0.2, -0.15) is 0 Å². The molecule has 1 aromatic heterocycles. The zero-order valence-electron chi connectivity index (χ0n) is 18.5. The number of sulfone groups is 1. The highest BCUT2D eigenvalue weighted by atomic mass is 32.2. The van der Waals surface area contributed by atoms with E-state index in [2.05, 4.69) is 30.9 Å². The minimum Gasteiger partial charge on any atom is -0.379 e. The van der Waals surface area contributed by atoms with Crippen molar-refractivity contribution in [2.24, 2.45) is 0 Å². The zero-order chi connectivity index (χ0) is 22.9. The molecule has 0 N–H and O–H groups in total. The molecule has 2 aromatic carbocycles. The molecule has 0 bridgehead atoms. The number of amides is 1. The Kier molecular flexibility index (Phi) is 6.62. The fourth-order valence-electron chi connectivity index (χ4n) is 3.63. The van der Waals surface area contributed by atoms with Crippen molar-refractivity contribution in [2.45, 2.75) is 18.7 Å². The number of rotatable bonds is 6. The number of anilines is 1. The van der Waals surface area contributed by atoms with Gasteiger partial charge in [0.05, 0.1) is 28.3 Å². The van der Waals surface area contributed by atoms with Gasteiger partial charge in [0.2, 0.25) is 0 Å². The molecule has 3 aromatic rings. The summed E-state index contributed by atoms with van der Waals surface area (Å²) in [5.74, 6) is -0.189. The van der Waals surface area contributed by atoms with E-state index in [9.17, 15) is 13.2 Å². The third-order valence-corrected chi connectivity index (χ3v) is 7.91. The molecule has 4 rings (SSSR count). The number of hydrogen-bond donors (Lipinski definition) is 0. The van der Waals surface area contributed by atoms with Gasteiger partial charge < -0.3 is 4.74 Å². The number of carbonyl (C=O) groups is 1. The van der Waals surface area contributed by atoms with E-state index in [1.165, 1.54) is 29.0 Å². The fourth-order valence-corrected chi connectivity index (χ4v) is 5.33. The van der Waals surface area contributed by atoms with Gasteiger partial charge in [0.15, 0.2) is 15.0 Å². The largest absolute Gasteiger partial charge is 0.379 e. The van der Waals surface area contributed by atoms with Crippen LogP contribution in [0.2, 0.25) is 0 Å². The van der Waals surface area contributed by atoms with Gasteiger partial charge in [-0.05, 0) is 61.4 Å². The molecule has 1 amide bonds. The molecule has 1 saturated heterocycles. The first kappa shape index (κ1) is 22.8. The smallest absolute Gasteiger partial charge is 0.260 e. The van der Waals surface area contributed by atoms with Crippen LogP contribution in [-0.2, 0) is 14.6 Å². The van der Waals surface area contributed by atoms with Crippen LogP contribution < -0.4 is 4.90 Å². The summed E-state index contributed by atoms with van der Waals surface area (Å²) in [5.41, 5.74) is 3.67. The van der Waals surface area contributed by atoms with Gasteiger partial charge in [0.1, 0.15) is 0 Å². The predicted octanol–water partition coefficient (Wildman–Crippen LogP) is 3.30. The number of ether oxygens (including phenoxy) is 1. The Morgan fingerprint density at radius 3 is 2.44 bits per heavy atom. The van der Waals surface area contributed by atoms with Gasteiger partial charge in [-0.3, -0.25) is 14.6 Å². The summed E-state index contributed by atoms with van der Waals surface area (Å²) in [4.78, 5) is 22.4. The topological polar surface area (TPSA) is 79.8 Å². The number of benzene rings is 2. The van der Waals surface area contributed by atoms with E-state index in [4.69, 9.17) is 9.72 Å². The molecule has 1 fully saturated rings. The lowest BCUT2D eigenvalue weighted by molar-refractivity contribution is 0.0391. The van der Waals surface area contributed by atoms with Gasteiger partial charge in [0, 0.05) is 38.0 Å². The first-order valence-electron chi connectivity index (χ1n) is 10.5. The van der Waals surface area contributed by atoms with Crippen LogP contribution in [0.15, 0.2) is 41.3 Å². The van der Waals surface area contributed by atoms with E-state index in [1.54, 1.807) is 17.0 Å². The van der Waals surface area contributed by atoms with Crippen LogP contribution in [0, 0.1) is 13.8 Å². The van der Waals surface area contributed by atoms with Gasteiger partial charge in [-0.25, -0.2) is 13.4 Å². The van der Waals surface area contributed by atoms with E-state index < -0.39 is 9.84 Å². The lowest BCUT2D eigenvalue weighted by Gasteiger charge is -2.29. The van der Waals surface area contributed by atoms with Crippen LogP contribution in [0.25, 0.3) is 10.2 Å². The van der Waals surface area contributed by atoms with Gasteiger partial charge >= 0.3 is 0 Å². The van der Waals surface area contributed by atoms with Crippen molar-refractivity contribution in [1.82, 2.24) is 9.88 Å². The molecule has 32 heavy (non-hydrogen) atoms. The van der Waals surface area contributed by atoms with Crippen LogP contribution >= 0.6 is 11.3 Å². The highest BCUT2D eigenvalue weighted by Gasteiger charge is 2.23. The Morgan fingerprint density at radius 2 is 1.78 bits per heavy atom. The van der Waals surface area contributed by atoms with Crippen molar-refractivity contribution in [1.29, 1.82) is 0 Å². The van der Waals surface area contributed by atoms with Crippen LogP contribution in [0.3, 0.4) is 0 Å². The maximum absolute atomic E-state index is 13.5. The molecule has 1 aliphatic rings. The zero-order valence-corrected chi connectivity index (χ0v) is 20.1. The molecule has 9 heteroatoms. The van der Waals surface area contributed by atoms with E-state index in [0.717, 1.165) is 35.1 Å². The Balaban J connectivity index is 1.65. The summed E-state index contributed by atoms with van der Waals surface area (Å²) in [6.07, 6.45) is 1.16. The van der Waals surface area contributed by atoms with Crippen LogP contribution in [-0.4, -0.2) is 69.9 Å². The Hall–Kier alpha value is -2.33. The van der Waals surface area contributed by atoms with E-state index >= 15 is 0 Å². The fraction of sp³-hybridized carbons (Fsp3) is 0.391. The highest BCUT2D eigenvalue weighted by Crippen LogP contribution is 2.31. The van der Waals surface area contributed by atoms with Crippen LogP contribution in [0.1, 0.15) is 21.5 Å².